The maximum atomic E-state index is 14.9. The van der Waals surface area contributed by atoms with Crippen LogP contribution in [0.1, 0.15) is 47.0 Å². The Bertz CT molecular complexity index is 2620. The maximum Gasteiger partial charge on any atom is 0.373 e. The van der Waals surface area contributed by atoms with Crippen molar-refractivity contribution in [2.75, 3.05) is 83.1 Å². The molecule has 5 aromatic rings. The molecule has 0 aromatic heterocycles. The molecule has 0 bridgehead atoms. The van der Waals surface area contributed by atoms with E-state index in [9.17, 15) is 18.9 Å². The van der Waals surface area contributed by atoms with E-state index in [1.165, 1.54) is 11.4 Å². The smallest absolute Gasteiger partial charge is 0.373 e. The monoisotopic (exact) mass is 1090 g/mol. The van der Waals surface area contributed by atoms with Gasteiger partial charge in [0, 0.05) is 66.5 Å². The summed E-state index contributed by atoms with van der Waals surface area (Å²) in [4.78, 5) is 52.4. The number of benzene rings is 5. The molecule has 402 valence electrons. The molecule has 0 saturated carbocycles. The van der Waals surface area contributed by atoms with Gasteiger partial charge in [0.15, 0.2) is 5.11 Å². The van der Waals surface area contributed by atoms with Gasteiger partial charge in [-0.25, -0.2) is 4.79 Å². The number of carbonyl (C=O) groups is 3. The van der Waals surface area contributed by atoms with Crippen LogP contribution in [0.5, 0.6) is 0 Å². The molecule has 2 heterocycles. The molecule has 1 atom stereocenters. The molecule has 5 aromatic carbocycles. The molecule has 7 rings (SSSR count). The highest BCUT2D eigenvalue weighted by Crippen LogP contribution is 2.67. The van der Waals surface area contributed by atoms with E-state index in [1.54, 1.807) is 30.1 Å². The molecule has 1 unspecified atom stereocenters. The lowest BCUT2D eigenvalue weighted by Crippen LogP contribution is -2.31. The lowest BCUT2D eigenvalue weighted by atomic mass is 10.1. The summed E-state index contributed by atoms with van der Waals surface area (Å²) in [5, 5.41) is 7.18. The first-order valence-corrected chi connectivity index (χ1v) is 28.1. The predicted molar refractivity (Wildman–Crippen MR) is 306 cm³/mol. The molecule has 0 amide bonds. The number of ether oxygens (including phenoxy) is 3. The first kappa shape index (κ1) is 61.2. The summed E-state index contributed by atoms with van der Waals surface area (Å²) in [5.41, 5.74) is 8.00. The van der Waals surface area contributed by atoms with E-state index in [-0.39, 0.29) is 37.1 Å². The minimum absolute atomic E-state index is 0.139. The molecular formula is C57H68N6O10P2S. The lowest BCUT2D eigenvalue weighted by Gasteiger charge is -2.36. The SMILES string of the molecule is C=C(C(CC(=O)OCC)C(=O)OCC)P1(=O)N(c2ccccc2)CCN1c1ccccc1.C=C=C(CCC)C(=O)OCC.O=C=O.S=C(NCCOP1N(c2ccccc2)CCN1c1ccccc1)Nc1ccccc1. The number of anilines is 5. The van der Waals surface area contributed by atoms with Gasteiger partial charge in [0.25, 0.3) is 7.44 Å². The second kappa shape index (κ2) is 33.6. The molecule has 16 nitrogen and oxygen atoms in total. The van der Waals surface area contributed by atoms with Crippen LogP contribution in [-0.2, 0) is 47.3 Å². The lowest BCUT2D eigenvalue weighted by molar-refractivity contribution is -0.191. The average molecular weight is 1090 g/mol. The van der Waals surface area contributed by atoms with E-state index in [2.05, 4.69) is 87.4 Å². The van der Waals surface area contributed by atoms with Crippen molar-refractivity contribution in [3.05, 3.63) is 181 Å². The predicted octanol–water partition coefficient (Wildman–Crippen LogP) is 11.6. The summed E-state index contributed by atoms with van der Waals surface area (Å²) in [6, 6.07) is 49.6. The zero-order chi connectivity index (χ0) is 55.1. The van der Waals surface area contributed by atoms with Gasteiger partial charge in [0.05, 0.1) is 44.3 Å². The summed E-state index contributed by atoms with van der Waals surface area (Å²) in [5.74, 6) is -2.57. The van der Waals surface area contributed by atoms with Gasteiger partial charge in [-0.2, -0.15) is 9.59 Å². The van der Waals surface area contributed by atoms with Crippen molar-refractivity contribution >= 4 is 85.7 Å². The highest BCUT2D eigenvalue weighted by molar-refractivity contribution is 7.80. The van der Waals surface area contributed by atoms with Crippen LogP contribution >= 0.6 is 28.1 Å². The minimum atomic E-state index is -3.57. The molecule has 0 spiro atoms. The van der Waals surface area contributed by atoms with Crippen molar-refractivity contribution in [3.8, 4) is 0 Å². The Balaban J connectivity index is 0.000000264. The van der Waals surface area contributed by atoms with Crippen molar-refractivity contribution < 1.29 is 47.3 Å². The van der Waals surface area contributed by atoms with Crippen molar-refractivity contribution in [2.45, 2.75) is 47.0 Å². The van der Waals surface area contributed by atoms with Crippen LogP contribution in [0, 0.1) is 5.92 Å². The third-order valence-corrected chi connectivity index (χ3v) is 16.8. The van der Waals surface area contributed by atoms with Crippen LogP contribution in [0.3, 0.4) is 0 Å². The second-order valence-corrected chi connectivity index (χ2v) is 21.0. The number of para-hydroxylation sites is 5. The highest BCUT2D eigenvalue weighted by Gasteiger charge is 2.50. The summed E-state index contributed by atoms with van der Waals surface area (Å²) in [6.45, 7) is 19.5. The molecule has 2 aliphatic heterocycles. The Morgan fingerprint density at radius 1 is 0.671 bits per heavy atom. The topological polar surface area (TPSA) is 176 Å². The molecule has 2 aliphatic rings. The van der Waals surface area contributed by atoms with E-state index >= 15 is 0 Å². The maximum absolute atomic E-state index is 14.9. The minimum Gasteiger partial charge on any atom is -0.466 e. The van der Waals surface area contributed by atoms with Crippen LogP contribution in [0.15, 0.2) is 181 Å². The van der Waals surface area contributed by atoms with Gasteiger partial charge in [-0.1, -0.05) is 117 Å². The molecular weight excluding hydrogens is 1020 g/mol. The third-order valence-electron chi connectivity index (χ3n) is 11.2. The normalized spacial score (nSPS) is 13.5. The van der Waals surface area contributed by atoms with E-state index in [0.717, 1.165) is 36.6 Å². The van der Waals surface area contributed by atoms with Crippen molar-refractivity contribution in [2.24, 2.45) is 5.92 Å². The zero-order valence-electron chi connectivity index (χ0n) is 43.6. The molecule has 2 fully saturated rings. The average Bonchev–Trinajstić information content (AvgIpc) is 4.07. The van der Waals surface area contributed by atoms with Crippen molar-refractivity contribution in [3.63, 3.8) is 0 Å². The molecule has 2 N–H and O–H groups in total. The van der Waals surface area contributed by atoms with E-state index < -0.39 is 33.7 Å². The first-order valence-electron chi connectivity index (χ1n) is 24.9. The van der Waals surface area contributed by atoms with Crippen LogP contribution in [-0.4, -0.2) is 88.3 Å². The van der Waals surface area contributed by atoms with Crippen LogP contribution < -0.4 is 29.3 Å². The van der Waals surface area contributed by atoms with E-state index in [0.29, 0.717) is 50.0 Å². The molecule has 2 saturated heterocycles. The fourth-order valence-electron chi connectivity index (χ4n) is 7.85. The summed E-state index contributed by atoms with van der Waals surface area (Å²) < 4.78 is 44.6. The van der Waals surface area contributed by atoms with E-state index in [4.69, 9.17) is 40.5 Å². The molecule has 76 heavy (non-hydrogen) atoms. The number of carbonyl (C=O) groups excluding carboxylic acids is 5. The first-order chi connectivity index (χ1) is 36.9. The standard InChI is InChI=1S/C24H29N2O5P.C23H25N4OPS.C9H14O2.CO2/c1-4-30-23(27)18-22(24(28)31-5-2)19(3)32(29)25(20-12-8-6-9-13-20)16-17-26(32)21-14-10-7-11-15-21;30-23(25-20-10-4-1-5-11-20)24-16-19-28-29-26(21-12-6-2-7-13-21)17-18-27(29)22-14-8-3-9-15-22;1-4-7-8(5-2)9(10)11-6-3;2-1-3/h6-15,22H,3-5,16-18H2,1-2H3;1-15H,16-19H2,(H2,24,25,30);2,4,6-7H2,1,3H3;. The van der Waals surface area contributed by atoms with Gasteiger partial charge >= 0.3 is 24.1 Å². The molecule has 19 heteroatoms. The Kier molecular flexibility index (Phi) is 27.0. The van der Waals surface area contributed by atoms with Gasteiger partial charge in [0.1, 0.15) is 0 Å². The van der Waals surface area contributed by atoms with Gasteiger partial charge in [-0.3, -0.25) is 14.2 Å². The van der Waals surface area contributed by atoms with Gasteiger partial charge < -0.3 is 48.0 Å². The number of thiocarbonyl (C=S) groups is 1. The molecule has 0 radical (unpaired) electrons. The zero-order valence-corrected chi connectivity index (χ0v) is 46.2. The second-order valence-electron chi connectivity index (χ2n) is 16.2. The van der Waals surface area contributed by atoms with Crippen molar-refractivity contribution in [1.82, 2.24) is 5.32 Å². The van der Waals surface area contributed by atoms with Crippen molar-refractivity contribution in [1.29, 1.82) is 0 Å². The largest absolute Gasteiger partial charge is 0.466 e. The number of rotatable bonds is 20. The number of nitrogens with one attached hydrogen (secondary N) is 2. The number of esters is 3. The third kappa shape index (κ3) is 18.2. The Morgan fingerprint density at radius 2 is 1.11 bits per heavy atom. The fourth-order valence-corrected chi connectivity index (χ4v) is 13.1. The Labute approximate surface area is 453 Å². The quantitative estimate of drug-likeness (QED) is 0.0143. The number of nitrogens with zero attached hydrogens (tertiary/aromatic N) is 4. The highest BCUT2D eigenvalue weighted by atomic mass is 32.1. The number of hydrogen-bond donors (Lipinski definition) is 2. The van der Waals surface area contributed by atoms with Crippen LogP contribution in [0.2, 0.25) is 0 Å². The van der Waals surface area contributed by atoms with Crippen LogP contribution in [0.25, 0.3) is 0 Å². The van der Waals surface area contributed by atoms with E-state index in [1.807, 2.05) is 110 Å². The summed E-state index contributed by atoms with van der Waals surface area (Å²) in [6.07, 6.45) is 1.58. The molecule has 0 aliphatic carbocycles. The van der Waals surface area contributed by atoms with Crippen LogP contribution in [0.4, 0.5) is 28.4 Å². The summed E-state index contributed by atoms with van der Waals surface area (Å²) in [7, 11) is -4.51. The Morgan fingerprint density at radius 3 is 1.53 bits per heavy atom. The number of hydrogen-bond acceptors (Lipinski definition) is 13. The Hall–Kier alpha value is -7.34. The van der Waals surface area contributed by atoms with Gasteiger partial charge in [-0.15, -0.1) is 5.73 Å². The fraction of sp³-hybridized carbons (Fsp3) is 0.298. The van der Waals surface area contributed by atoms with Gasteiger partial charge in [-0.05, 0) is 100 Å². The van der Waals surface area contributed by atoms with Gasteiger partial charge in [0.2, 0.25) is 8.45 Å². The summed E-state index contributed by atoms with van der Waals surface area (Å²) >= 11 is 5.39.